The summed E-state index contributed by atoms with van der Waals surface area (Å²) in [7, 11) is 0. The molecule has 0 N–H and O–H groups in total. The highest BCUT2D eigenvalue weighted by Gasteiger charge is 2.33. The lowest BCUT2D eigenvalue weighted by Gasteiger charge is -2.24. The number of rotatable bonds is 13. The maximum Gasteiger partial charge on any atom is 0.186 e. The van der Waals surface area contributed by atoms with Gasteiger partial charge < -0.3 is 14.2 Å². The van der Waals surface area contributed by atoms with Gasteiger partial charge in [-0.05, 0) is 68.9 Å². The lowest BCUT2D eigenvalue weighted by molar-refractivity contribution is 0.0333. The van der Waals surface area contributed by atoms with Crippen molar-refractivity contribution in [2.24, 2.45) is 0 Å². The number of aryl methyl sites for hydroxylation is 1. The number of benzene rings is 2. The van der Waals surface area contributed by atoms with Gasteiger partial charge in [-0.3, -0.25) is 0 Å². The van der Waals surface area contributed by atoms with Gasteiger partial charge in [0.15, 0.2) is 5.13 Å². The first kappa shape index (κ1) is 27.4. The minimum absolute atomic E-state index is 0.104. The van der Waals surface area contributed by atoms with Crippen LogP contribution >= 0.6 is 34.5 Å². The highest BCUT2D eigenvalue weighted by atomic mass is 35.5. The van der Waals surface area contributed by atoms with E-state index in [1.54, 1.807) is 11.3 Å². The van der Waals surface area contributed by atoms with E-state index in [0.29, 0.717) is 28.3 Å². The van der Waals surface area contributed by atoms with Crippen molar-refractivity contribution in [2.75, 3.05) is 18.0 Å². The molecule has 0 saturated heterocycles. The van der Waals surface area contributed by atoms with Crippen LogP contribution in [0.25, 0.3) is 21.5 Å². The Hall–Kier alpha value is -2.12. The molecule has 2 aromatic heterocycles. The number of thiazole rings is 1. The molecule has 1 atom stereocenters. The Kier molecular flexibility index (Phi) is 8.94. The summed E-state index contributed by atoms with van der Waals surface area (Å²) >= 11 is 14.9. The fourth-order valence-electron chi connectivity index (χ4n) is 4.76. The minimum atomic E-state index is 0.104. The zero-order chi connectivity index (χ0) is 26.6. The minimum Gasteiger partial charge on any atom is -0.373 e. The molecule has 0 amide bonds. The van der Waals surface area contributed by atoms with Crippen molar-refractivity contribution in [3.8, 4) is 11.3 Å². The Balaban J connectivity index is 1.31. The summed E-state index contributed by atoms with van der Waals surface area (Å²) in [5.74, 6) is 1.32. The fraction of sp³-hybridized carbons (Fsp3) is 0.467. The molecule has 0 bridgehead atoms. The Bertz CT molecular complexity index is 1360. The van der Waals surface area contributed by atoms with Crippen LogP contribution in [0, 0.1) is 6.92 Å². The van der Waals surface area contributed by atoms with Gasteiger partial charge in [-0.15, -0.1) is 0 Å². The number of anilines is 1. The summed E-state index contributed by atoms with van der Waals surface area (Å²) in [6, 6.07) is 12.0. The molecule has 202 valence electrons. The molecule has 1 saturated carbocycles. The average molecular weight is 573 g/mol. The van der Waals surface area contributed by atoms with Crippen LogP contribution in [0.4, 0.5) is 5.13 Å². The first-order valence-electron chi connectivity index (χ1n) is 13.6. The van der Waals surface area contributed by atoms with Crippen LogP contribution < -0.4 is 4.90 Å². The highest BCUT2D eigenvalue weighted by Crippen LogP contribution is 2.46. The number of aromatic nitrogens is 2. The molecule has 8 heteroatoms. The number of ether oxygens (including phenoxy) is 1. The van der Waals surface area contributed by atoms with Gasteiger partial charge >= 0.3 is 0 Å². The Morgan fingerprint density at radius 1 is 1.13 bits per heavy atom. The van der Waals surface area contributed by atoms with Crippen LogP contribution in [-0.2, 0) is 11.3 Å². The van der Waals surface area contributed by atoms with Crippen molar-refractivity contribution in [3.05, 3.63) is 63.3 Å². The maximum atomic E-state index is 6.54. The maximum absolute atomic E-state index is 6.54. The van der Waals surface area contributed by atoms with Crippen molar-refractivity contribution in [1.82, 2.24) is 10.1 Å². The van der Waals surface area contributed by atoms with Crippen LogP contribution in [0.2, 0.25) is 10.0 Å². The molecular formula is C30H35Cl2N3O2S. The number of hydrogen-bond acceptors (Lipinski definition) is 6. The molecular weight excluding hydrogens is 537 g/mol. The van der Waals surface area contributed by atoms with Gasteiger partial charge in [0, 0.05) is 30.1 Å². The van der Waals surface area contributed by atoms with Crippen LogP contribution in [0.5, 0.6) is 0 Å². The van der Waals surface area contributed by atoms with E-state index >= 15 is 0 Å². The summed E-state index contributed by atoms with van der Waals surface area (Å²) in [6.45, 7) is 8.88. The van der Waals surface area contributed by atoms with Gasteiger partial charge in [-0.2, -0.15) is 0 Å². The second-order valence-corrected chi connectivity index (χ2v) is 12.0. The predicted octanol–water partition coefficient (Wildman–Crippen LogP) is 9.44. The van der Waals surface area contributed by atoms with Gasteiger partial charge in [0.05, 0.1) is 33.0 Å². The summed E-state index contributed by atoms with van der Waals surface area (Å²) in [4.78, 5) is 7.39. The largest absolute Gasteiger partial charge is 0.373 e. The Labute approximate surface area is 239 Å². The van der Waals surface area contributed by atoms with Crippen molar-refractivity contribution < 1.29 is 9.26 Å². The zero-order valence-corrected chi connectivity index (χ0v) is 24.6. The standard InChI is InChI=1S/C30H35Cl2N3O2S/c1-4-6-15-35(30-33-25-13-10-19(3)17-26(25)38-30)16-14-21(5-2)36-18-22-28(34-37-29(22)20-11-12-20)27-23(31)8-7-9-24(27)32/h7-10,13,17,20-21H,4-6,11-12,14-16,18H2,1-3H3/t21-/m1/s1. The molecule has 2 aromatic carbocycles. The summed E-state index contributed by atoms with van der Waals surface area (Å²) in [5.41, 5.74) is 4.74. The molecule has 38 heavy (non-hydrogen) atoms. The number of unbranched alkanes of at least 4 members (excludes halogenated alkanes) is 1. The third-order valence-corrected chi connectivity index (χ3v) is 8.90. The topological polar surface area (TPSA) is 51.4 Å². The molecule has 1 fully saturated rings. The molecule has 0 spiro atoms. The van der Waals surface area contributed by atoms with E-state index in [2.05, 4.69) is 49.0 Å². The van der Waals surface area contributed by atoms with E-state index < -0.39 is 0 Å². The second-order valence-electron chi connectivity index (χ2n) is 10.2. The van der Waals surface area contributed by atoms with Gasteiger partial charge in [0.25, 0.3) is 0 Å². The van der Waals surface area contributed by atoms with E-state index in [0.717, 1.165) is 79.1 Å². The van der Waals surface area contributed by atoms with Crippen molar-refractivity contribution >= 4 is 49.9 Å². The predicted molar refractivity (Wildman–Crippen MR) is 159 cm³/mol. The summed E-state index contributed by atoms with van der Waals surface area (Å²) < 4.78 is 13.6. The molecule has 2 heterocycles. The molecule has 5 nitrogen and oxygen atoms in total. The molecule has 5 rings (SSSR count). The van der Waals surface area contributed by atoms with E-state index in [1.165, 1.54) is 10.3 Å². The lowest BCUT2D eigenvalue weighted by Crippen LogP contribution is -2.29. The second kappa shape index (κ2) is 12.4. The van der Waals surface area contributed by atoms with E-state index in [4.69, 9.17) is 37.4 Å². The summed E-state index contributed by atoms with van der Waals surface area (Å²) in [6.07, 6.45) is 6.46. The third-order valence-electron chi connectivity index (χ3n) is 7.19. The van der Waals surface area contributed by atoms with Crippen LogP contribution in [0.15, 0.2) is 40.9 Å². The van der Waals surface area contributed by atoms with E-state index in [-0.39, 0.29) is 6.10 Å². The van der Waals surface area contributed by atoms with Gasteiger partial charge in [0.2, 0.25) is 0 Å². The normalized spacial score (nSPS) is 14.3. The fourth-order valence-corrected chi connectivity index (χ4v) is 6.45. The number of nitrogens with zero attached hydrogens (tertiary/aromatic N) is 3. The van der Waals surface area contributed by atoms with Crippen molar-refractivity contribution in [1.29, 1.82) is 0 Å². The van der Waals surface area contributed by atoms with Gasteiger partial charge in [-0.25, -0.2) is 4.98 Å². The highest BCUT2D eigenvalue weighted by molar-refractivity contribution is 7.22. The SMILES string of the molecule is CCCCN(CC[C@@H](CC)OCc1c(-c2c(Cl)cccc2Cl)noc1C1CC1)c1nc2ccc(C)cc2s1. The Morgan fingerprint density at radius 3 is 2.63 bits per heavy atom. The molecule has 0 aliphatic heterocycles. The van der Waals surface area contributed by atoms with Crippen molar-refractivity contribution in [2.45, 2.75) is 77.9 Å². The molecule has 1 aliphatic carbocycles. The molecule has 0 radical (unpaired) electrons. The molecule has 4 aromatic rings. The van der Waals surface area contributed by atoms with Crippen molar-refractivity contribution in [3.63, 3.8) is 0 Å². The van der Waals surface area contributed by atoms with Gasteiger partial charge in [0.1, 0.15) is 11.5 Å². The molecule has 0 unspecified atom stereocenters. The zero-order valence-electron chi connectivity index (χ0n) is 22.3. The number of fused-ring (bicyclic) bond motifs is 1. The smallest absolute Gasteiger partial charge is 0.186 e. The van der Waals surface area contributed by atoms with Crippen LogP contribution in [0.1, 0.15) is 75.2 Å². The molecule has 1 aliphatic rings. The van der Waals surface area contributed by atoms with Crippen LogP contribution in [-0.4, -0.2) is 29.3 Å². The number of hydrogen-bond donors (Lipinski definition) is 0. The lowest BCUT2D eigenvalue weighted by atomic mass is 10.0. The Morgan fingerprint density at radius 2 is 1.92 bits per heavy atom. The van der Waals surface area contributed by atoms with Gasteiger partial charge in [-0.1, -0.05) is 72.1 Å². The van der Waals surface area contributed by atoms with E-state index in [9.17, 15) is 0 Å². The van der Waals surface area contributed by atoms with Crippen LogP contribution in [0.3, 0.4) is 0 Å². The number of halogens is 2. The first-order chi connectivity index (χ1) is 18.5. The quantitative estimate of drug-likeness (QED) is 0.160. The monoisotopic (exact) mass is 571 g/mol. The third kappa shape index (κ3) is 6.20. The summed E-state index contributed by atoms with van der Waals surface area (Å²) in [5, 5.41) is 6.64. The van der Waals surface area contributed by atoms with E-state index in [1.807, 2.05) is 18.2 Å². The first-order valence-corrected chi connectivity index (χ1v) is 15.2. The average Bonchev–Trinajstić information content (AvgIpc) is 3.53.